The van der Waals surface area contributed by atoms with Gasteiger partial charge in [0.1, 0.15) is 6.04 Å². The van der Waals surface area contributed by atoms with Crippen LogP contribution in [-0.4, -0.2) is 60.3 Å². The molecule has 1 atom stereocenters. The van der Waals surface area contributed by atoms with Gasteiger partial charge in [-0.25, -0.2) is 0 Å². The van der Waals surface area contributed by atoms with Crippen LogP contribution in [0.15, 0.2) is 6.07 Å². The lowest BCUT2D eigenvalue weighted by Crippen LogP contribution is -2.56. The molecule has 1 unspecified atom stereocenters. The number of piperazine rings is 1. The van der Waals surface area contributed by atoms with Crippen LogP contribution in [0, 0.1) is 0 Å². The third kappa shape index (κ3) is 3.30. The molecule has 1 aromatic heterocycles. The number of carbonyl (C=O) groups is 2. The van der Waals surface area contributed by atoms with Crippen molar-refractivity contribution < 1.29 is 24.2 Å². The number of anilines is 1. The Labute approximate surface area is 120 Å². The molecular weight excluding hydrogens is 280 g/mol. The van der Waals surface area contributed by atoms with Crippen LogP contribution >= 0.6 is 0 Å². The lowest BCUT2D eigenvalue weighted by atomic mass is 10.1. The Kier molecular flexibility index (Phi) is 4.41. The van der Waals surface area contributed by atoms with Crippen LogP contribution in [0.1, 0.15) is 6.42 Å². The van der Waals surface area contributed by atoms with Gasteiger partial charge in [-0.1, -0.05) is 0 Å². The first kappa shape index (κ1) is 14.8. The molecular formula is C12H16N4O5. The number of aliphatic carboxylic acids is 1. The van der Waals surface area contributed by atoms with E-state index in [4.69, 9.17) is 14.6 Å². The lowest BCUT2D eigenvalue weighted by molar-refractivity contribution is -0.139. The van der Waals surface area contributed by atoms with Crippen molar-refractivity contribution in [3.63, 3.8) is 0 Å². The molecule has 2 N–H and O–H groups in total. The summed E-state index contributed by atoms with van der Waals surface area (Å²) in [5.74, 6) is -0.688. The van der Waals surface area contributed by atoms with Crippen molar-refractivity contribution in [3.05, 3.63) is 6.07 Å². The quantitative estimate of drug-likeness (QED) is 0.731. The first-order chi connectivity index (χ1) is 10.0. The Morgan fingerprint density at radius 3 is 2.57 bits per heavy atom. The van der Waals surface area contributed by atoms with Gasteiger partial charge in [0.2, 0.25) is 23.6 Å². The van der Waals surface area contributed by atoms with Crippen LogP contribution < -0.4 is 19.7 Å². The highest BCUT2D eigenvalue weighted by Gasteiger charge is 2.33. The molecule has 2 heterocycles. The number of carboxylic acids is 1. The minimum absolute atomic E-state index is 0.201. The fourth-order valence-corrected chi connectivity index (χ4v) is 2.05. The van der Waals surface area contributed by atoms with Gasteiger partial charge in [0.15, 0.2) is 0 Å². The van der Waals surface area contributed by atoms with Crippen LogP contribution in [0.3, 0.4) is 0 Å². The average molecular weight is 296 g/mol. The highest BCUT2D eigenvalue weighted by molar-refractivity contribution is 5.89. The SMILES string of the molecule is COc1cc(OC)nc(N2CCNC(=O)C2CC(=O)O)n1. The molecule has 1 fully saturated rings. The summed E-state index contributed by atoms with van der Waals surface area (Å²) in [4.78, 5) is 32.7. The van der Waals surface area contributed by atoms with Gasteiger partial charge in [0.25, 0.3) is 0 Å². The normalized spacial score (nSPS) is 18.1. The molecule has 0 bridgehead atoms. The maximum atomic E-state index is 11.9. The molecule has 2 rings (SSSR count). The smallest absolute Gasteiger partial charge is 0.305 e. The molecule has 9 heteroatoms. The Morgan fingerprint density at radius 1 is 1.43 bits per heavy atom. The molecule has 1 amide bonds. The second kappa shape index (κ2) is 6.25. The topological polar surface area (TPSA) is 114 Å². The van der Waals surface area contributed by atoms with E-state index in [9.17, 15) is 9.59 Å². The summed E-state index contributed by atoms with van der Waals surface area (Å²) in [5.41, 5.74) is 0. The number of rotatable bonds is 5. The Hall–Kier alpha value is -2.58. The van der Waals surface area contributed by atoms with Crippen LogP contribution in [0.4, 0.5) is 5.95 Å². The summed E-state index contributed by atoms with van der Waals surface area (Å²) in [6, 6.07) is 0.632. The minimum atomic E-state index is -1.07. The lowest BCUT2D eigenvalue weighted by Gasteiger charge is -2.34. The van der Waals surface area contributed by atoms with Gasteiger partial charge < -0.3 is 24.8 Å². The number of ether oxygens (including phenoxy) is 2. The standard InChI is InChI=1S/C12H16N4O5/c1-20-8-6-9(21-2)15-12(14-8)16-4-3-13-11(19)7(16)5-10(17)18/h6-7H,3-5H2,1-2H3,(H,13,19)(H,17,18). The van der Waals surface area contributed by atoms with Gasteiger partial charge in [-0.3, -0.25) is 9.59 Å². The van der Waals surface area contributed by atoms with E-state index in [0.29, 0.717) is 13.1 Å². The molecule has 0 aliphatic carbocycles. The van der Waals surface area contributed by atoms with Crippen LogP contribution in [-0.2, 0) is 9.59 Å². The zero-order chi connectivity index (χ0) is 15.4. The first-order valence-electron chi connectivity index (χ1n) is 6.28. The summed E-state index contributed by atoms with van der Waals surface area (Å²) in [5, 5.41) is 11.6. The fraction of sp³-hybridized carbons (Fsp3) is 0.500. The van der Waals surface area contributed by atoms with Crippen molar-refractivity contribution in [2.75, 3.05) is 32.2 Å². The van der Waals surface area contributed by atoms with Gasteiger partial charge in [0, 0.05) is 13.1 Å². The number of methoxy groups -OCH3 is 2. The second-order valence-electron chi connectivity index (χ2n) is 4.35. The van der Waals surface area contributed by atoms with E-state index in [0.717, 1.165) is 0 Å². The van der Waals surface area contributed by atoms with Gasteiger partial charge >= 0.3 is 5.97 Å². The zero-order valence-corrected chi connectivity index (χ0v) is 11.7. The Balaban J connectivity index is 2.36. The van der Waals surface area contributed by atoms with Crippen molar-refractivity contribution in [1.82, 2.24) is 15.3 Å². The monoisotopic (exact) mass is 296 g/mol. The van der Waals surface area contributed by atoms with Crippen molar-refractivity contribution in [2.45, 2.75) is 12.5 Å². The third-order valence-electron chi connectivity index (χ3n) is 3.04. The summed E-state index contributed by atoms with van der Waals surface area (Å²) in [6.45, 7) is 0.790. The van der Waals surface area contributed by atoms with Gasteiger partial charge in [-0.15, -0.1) is 0 Å². The first-order valence-corrected chi connectivity index (χ1v) is 6.28. The maximum Gasteiger partial charge on any atom is 0.305 e. The van der Waals surface area contributed by atoms with Gasteiger partial charge in [-0.2, -0.15) is 9.97 Å². The molecule has 0 radical (unpaired) electrons. The average Bonchev–Trinajstić information content (AvgIpc) is 2.48. The number of amides is 1. The molecule has 1 aromatic rings. The summed E-state index contributed by atoms with van der Waals surface area (Å²) < 4.78 is 10.1. The van der Waals surface area contributed by atoms with E-state index >= 15 is 0 Å². The molecule has 9 nitrogen and oxygen atoms in total. The van der Waals surface area contributed by atoms with Crippen LogP contribution in [0.5, 0.6) is 11.8 Å². The predicted molar refractivity (Wildman–Crippen MR) is 71.5 cm³/mol. The van der Waals surface area contributed by atoms with Crippen molar-refractivity contribution in [3.8, 4) is 11.8 Å². The second-order valence-corrected chi connectivity index (χ2v) is 4.35. The molecule has 0 spiro atoms. The van der Waals surface area contributed by atoms with E-state index in [1.54, 1.807) is 0 Å². The highest BCUT2D eigenvalue weighted by atomic mass is 16.5. The molecule has 1 saturated heterocycles. The largest absolute Gasteiger partial charge is 0.481 e. The third-order valence-corrected chi connectivity index (χ3v) is 3.04. The van der Waals surface area contributed by atoms with Crippen LogP contribution in [0.25, 0.3) is 0 Å². The molecule has 1 aliphatic heterocycles. The van der Waals surface area contributed by atoms with E-state index in [2.05, 4.69) is 15.3 Å². The minimum Gasteiger partial charge on any atom is -0.481 e. The number of hydrogen-bond donors (Lipinski definition) is 2. The van der Waals surface area contributed by atoms with Gasteiger partial charge in [0.05, 0.1) is 26.7 Å². The number of aromatic nitrogens is 2. The maximum absolute atomic E-state index is 11.9. The van der Waals surface area contributed by atoms with Crippen molar-refractivity contribution in [2.24, 2.45) is 0 Å². The van der Waals surface area contributed by atoms with Crippen LogP contribution in [0.2, 0.25) is 0 Å². The highest BCUT2D eigenvalue weighted by Crippen LogP contribution is 2.23. The van der Waals surface area contributed by atoms with Gasteiger partial charge in [-0.05, 0) is 0 Å². The van der Waals surface area contributed by atoms with Crippen molar-refractivity contribution in [1.29, 1.82) is 0 Å². The molecule has 114 valence electrons. The van der Waals surface area contributed by atoms with E-state index in [1.165, 1.54) is 25.2 Å². The fourth-order valence-electron chi connectivity index (χ4n) is 2.05. The summed E-state index contributed by atoms with van der Waals surface area (Å²) >= 11 is 0. The van der Waals surface area contributed by atoms with E-state index < -0.39 is 12.0 Å². The molecule has 0 aromatic carbocycles. The number of carboxylic acid groups (broad SMARTS) is 1. The predicted octanol–water partition coefficient (Wildman–Crippen LogP) is -0.727. The Morgan fingerprint density at radius 2 is 2.05 bits per heavy atom. The van der Waals surface area contributed by atoms with Crippen molar-refractivity contribution >= 4 is 17.8 Å². The van der Waals surface area contributed by atoms with E-state index in [-0.39, 0.29) is 30.0 Å². The zero-order valence-electron chi connectivity index (χ0n) is 11.7. The molecule has 21 heavy (non-hydrogen) atoms. The number of nitrogens with one attached hydrogen (secondary N) is 1. The summed E-state index contributed by atoms with van der Waals surface area (Å²) in [6.07, 6.45) is -0.339. The molecule has 1 aliphatic rings. The summed E-state index contributed by atoms with van der Waals surface area (Å²) in [7, 11) is 2.90. The Bertz CT molecular complexity index is 528. The number of carbonyl (C=O) groups excluding carboxylic acids is 1. The number of hydrogen-bond acceptors (Lipinski definition) is 7. The molecule has 0 saturated carbocycles. The van der Waals surface area contributed by atoms with E-state index in [1.807, 2.05) is 0 Å². The number of nitrogens with zero attached hydrogens (tertiary/aromatic N) is 3.